The summed E-state index contributed by atoms with van der Waals surface area (Å²) in [7, 11) is -3.95. The van der Waals surface area contributed by atoms with E-state index in [0.717, 1.165) is 15.4 Å². The number of ether oxygens (including phenoxy) is 1. The minimum Gasteiger partial charge on any atom is -0.460 e. The van der Waals surface area contributed by atoms with E-state index in [0.29, 0.717) is 6.42 Å². The highest BCUT2D eigenvalue weighted by Gasteiger charge is 2.51. The van der Waals surface area contributed by atoms with Crippen LogP contribution in [0.5, 0.6) is 0 Å². The van der Waals surface area contributed by atoms with Gasteiger partial charge in [0.1, 0.15) is 12.6 Å². The summed E-state index contributed by atoms with van der Waals surface area (Å²) in [5.74, 6) is -0.733. The topological polar surface area (TPSA) is 83.9 Å². The van der Waals surface area contributed by atoms with Crippen LogP contribution < -0.4 is 0 Å². The summed E-state index contributed by atoms with van der Waals surface area (Å²) >= 11 is 0. The number of nitrogens with zero attached hydrogens (tertiary/aromatic N) is 1. The van der Waals surface area contributed by atoms with Gasteiger partial charge >= 0.3 is 5.97 Å². The van der Waals surface area contributed by atoms with Gasteiger partial charge in [0, 0.05) is 6.04 Å². The molecule has 2 aromatic carbocycles. The summed E-state index contributed by atoms with van der Waals surface area (Å²) in [5, 5.41) is 10.5. The van der Waals surface area contributed by atoms with E-state index < -0.39 is 34.2 Å². The van der Waals surface area contributed by atoms with Crippen molar-refractivity contribution in [1.82, 2.24) is 4.31 Å². The molecule has 1 aliphatic heterocycles. The van der Waals surface area contributed by atoms with Gasteiger partial charge in [0.2, 0.25) is 10.0 Å². The number of hydrogen-bond donors (Lipinski definition) is 1. The second-order valence-corrected chi connectivity index (χ2v) is 8.89. The Morgan fingerprint density at radius 1 is 1.14 bits per heavy atom. The van der Waals surface area contributed by atoms with Crippen molar-refractivity contribution in [3.8, 4) is 0 Å². The molecule has 1 N–H and O–H groups in total. The lowest BCUT2D eigenvalue weighted by Crippen LogP contribution is -2.48. The molecule has 0 aromatic heterocycles. The molecule has 2 aromatic rings. The van der Waals surface area contributed by atoms with Crippen molar-refractivity contribution in [3.05, 3.63) is 65.7 Å². The molecule has 3 unspecified atom stereocenters. The lowest BCUT2D eigenvalue weighted by Gasteiger charge is -2.28. The number of esters is 1. The first kappa shape index (κ1) is 20.5. The van der Waals surface area contributed by atoms with E-state index >= 15 is 0 Å². The van der Waals surface area contributed by atoms with Crippen LogP contribution in [0.25, 0.3) is 0 Å². The zero-order valence-corrected chi connectivity index (χ0v) is 16.8. The summed E-state index contributed by atoms with van der Waals surface area (Å²) in [6.45, 7) is 3.74. The van der Waals surface area contributed by atoms with Gasteiger partial charge in [-0.05, 0) is 37.5 Å². The Bertz CT molecular complexity index is 912. The monoisotopic (exact) mass is 403 g/mol. The largest absolute Gasteiger partial charge is 0.460 e. The standard InChI is InChI=1S/C21H25NO5S/c1-3-17-13-19(23)20(21(24)27-14-16-7-5-4-6-8-16)22(17)28(25,26)18-11-9-15(2)10-12-18/h4-12,17,19-20,23H,3,13-14H2,1-2H3. The van der Waals surface area contributed by atoms with Gasteiger partial charge in [-0.1, -0.05) is 55.0 Å². The predicted octanol–water partition coefficient (Wildman–Crippen LogP) is 2.64. The molecule has 3 rings (SSSR count). The molecular weight excluding hydrogens is 378 g/mol. The van der Waals surface area contributed by atoms with Crippen molar-refractivity contribution < 1.29 is 23.1 Å². The minimum atomic E-state index is -3.95. The van der Waals surface area contributed by atoms with E-state index in [4.69, 9.17) is 4.74 Å². The van der Waals surface area contributed by atoms with Crippen LogP contribution in [0.1, 0.15) is 30.9 Å². The van der Waals surface area contributed by atoms with Gasteiger partial charge in [-0.25, -0.2) is 8.42 Å². The molecule has 0 bridgehead atoms. The van der Waals surface area contributed by atoms with Gasteiger partial charge in [-0.2, -0.15) is 4.31 Å². The number of benzene rings is 2. The van der Waals surface area contributed by atoms with Crippen LogP contribution in [0, 0.1) is 6.92 Å². The molecular formula is C21H25NO5S. The van der Waals surface area contributed by atoms with Crippen molar-refractivity contribution in [2.45, 2.75) is 56.4 Å². The lowest BCUT2D eigenvalue weighted by molar-refractivity contribution is -0.151. The van der Waals surface area contributed by atoms with Gasteiger partial charge in [0.15, 0.2) is 0 Å². The zero-order chi connectivity index (χ0) is 20.3. The predicted molar refractivity (Wildman–Crippen MR) is 105 cm³/mol. The third-order valence-corrected chi connectivity index (χ3v) is 6.99. The maximum absolute atomic E-state index is 13.3. The molecule has 150 valence electrons. The molecule has 0 spiro atoms. The Morgan fingerprint density at radius 3 is 2.39 bits per heavy atom. The Hall–Kier alpha value is -2.22. The highest BCUT2D eigenvalue weighted by molar-refractivity contribution is 7.89. The summed E-state index contributed by atoms with van der Waals surface area (Å²) in [4.78, 5) is 12.8. The van der Waals surface area contributed by atoms with E-state index in [-0.39, 0.29) is 17.9 Å². The number of aliphatic hydroxyl groups is 1. The van der Waals surface area contributed by atoms with Crippen molar-refractivity contribution in [2.24, 2.45) is 0 Å². The van der Waals surface area contributed by atoms with Crippen molar-refractivity contribution >= 4 is 16.0 Å². The zero-order valence-electron chi connectivity index (χ0n) is 16.0. The second kappa shape index (κ2) is 8.43. The van der Waals surface area contributed by atoms with E-state index in [1.165, 1.54) is 12.1 Å². The summed E-state index contributed by atoms with van der Waals surface area (Å²) < 4.78 is 33.0. The van der Waals surface area contributed by atoms with Crippen LogP contribution in [0.15, 0.2) is 59.5 Å². The molecule has 1 saturated heterocycles. The fourth-order valence-electron chi connectivity index (χ4n) is 3.51. The molecule has 28 heavy (non-hydrogen) atoms. The number of carbonyl (C=O) groups excluding carboxylic acids is 1. The quantitative estimate of drug-likeness (QED) is 0.750. The Morgan fingerprint density at radius 2 is 1.79 bits per heavy atom. The molecule has 7 heteroatoms. The number of rotatable bonds is 6. The van der Waals surface area contributed by atoms with E-state index in [1.54, 1.807) is 12.1 Å². The average Bonchev–Trinajstić information content (AvgIpc) is 3.04. The molecule has 3 atom stereocenters. The highest BCUT2D eigenvalue weighted by Crippen LogP contribution is 2.34. The van der Waals surface area contributed by atoms with E-state index in [2.05, 4.69) is 0 Å². The fourth-order valence-corrected chi connectivity index (χ4v) is 5.38. The number of sulfonamides is 1. The molecule has 0 aliphatic carbocycles. The van der Waals surface area contributed by atoms with Gasteiger partial charge < -0.3 is 9.84 Å². The first-order chi connectivity index (χ1) is 13.3. The third kappa shape index (κ3) is 4.11. The molecule has 6 nitrogen and oxygen atoms in total. The first-order valence-electron chi connectivity index (χ1n) is 9.33. The highest BCUT2D eigenvalue weighted by atomic mass is 32.2. The molecule has 1 heterocycles. The van der Waals surface area contributed by atoms with Crippen LogP contribution in [0.3, 0.4) is 0 Å². The Kier molecular flexibility index (Phi) is 6.17. The van der Waals surface area contributed by atoms with Crippen LogP contribution in [-0.2, 0) is 26.2 Å². The summed E-state index contributed by atoms with van der Waals surface area (Å²) in [6, 6.07) is 13.9. The molecule has 0 radical (unpaired) electrons. The van der Waals surface area contributed by atoms with Crippen LogP contribution in [0.4, 0.5) is 0 Å². The maximum Gasteiger partial charge on any atom is 0.327 e. The van der Waals surface area contributed by atoms with Gasteiger partial charge in [-0.3, -0.25) is 4.79 Å². The molecule has 0 saturated carbocycles. The Labute approximate surface area is 165 Å². The fraction of sp³-hybridized carbons (Fsp3) is 0.381. The van der Waals surface area contributed by atoms with Crippen molar-refractivity contribution in [1.29, 1.82) is 0 Å². The summed E-state index contributed by atoms with van der Waals surface area (Å²) in [5.41, 5.74) is 1.73. The smallest absolute Gasteiger partial charge is 0.327 e. The number of aryl methyl sites for hydroxylation is 1. The normalized spacial score (nSPS) is 22.9. The van der Waals surface area contributed by atoms with Gasteiger partial charge in [-0.15, -0.1) is 0 Å². The second-order valence-electron chi connectivity index (χ2n) is 7.05. The SMILES string of the molecule is CCC1CC(O)C(C(=O)OCc2ccccc2)N1S(=O)(=O)c1ccc(C)cc1. The maximum atomic E-state index is 13.3. The van der Waals surface area contributed by atoms with E-state index in [9.17, 15) is 18.3 Å². The van der Waals surface area contributed by atoms with Gasteiger partial charge in [0.25, 0.3) is 0 Å². The first-order valence-corrected chi connectivity index (χ1v) is 10.8. The lowest BCUT2D eigenvalue weighted by atomic mass is 10.1. The van der Waals surface area contributed by atoms with Crippen molar-refractivity contribution in [2.75, 3.05) is 0 Å². The van der Waals surface area contributed by atoms with E-state index in [1.807, 2.05) is 44.2 Å². The average molecular weight is 404 g/mol. The van der Waals surface area contributed by atoms with Crippen LogP contribution in [0.2, 0.25) is 0 Å². The van der Waals surface area contributed by atoms with Crippen molar-refractivity contribution in [3.63, 3.8) is 0 Å². The van der Waals surface area contributed by atoms with Gasteiger partial charge in [0.05, 0.1) is 11.0 Å². The summed E-state index contributed by atoms with van der Waals surface area (Å²) in [6.07, 6.45) is -0.412. The number of aliphatic hydroxyl groups excluding tert-OH is 1. The number of hydrogen-bond acceptors (Lipinski definition) is 5. The minimum absolute atomic E-state index is 0.0259. The number of carbonyl (C=O) groups is 1. The molecule has 0 amide bonds. The third-order valence-electron chi connectivity index (χ3n) is 5.05. The Balaban J connectivity index is 1.87. The molecule has 1 fully saturated rings. The van der Waals surface area contributed by atoms with Crippen LogP contribution in [-0.4, -0.2) is 42.0 Å². The van der Waals surface area contributed by atoms with Crippen LogP contribution >= 0.6 is 0 Å². The molecule has 1 aliphatic rings.